The van der Waals surface area contributed by atoms with Crippen LogP contribution in [0.4, 0.5) is 0 Å². The molecular weight excluding hydrogens is 324 g/mol. The van der Waals surface area contributed by atoms with Crippen molar-refractivity contribution in [1.29, 1.82) is 0 Å². The molecule has 0 unspecified atom stereocenters. The molecule has 0 aliphatic heterocycles. The number of benzene rings is 1. The van der Waals surface area contributed by atoms with E-state index in [0.29, 0.717) is 0 Å². The molecule has 0 saturated carbocycles. The zero-order valence-electron chi connectivity index (χ0n) is 13.0. The van der Waals surface area contributed by atoms with Crippen LogP contribution in [-0.2, 0) is 29.1 Å². The van der Waals surface area contributed by atoms with Gasteiger partial charge in [-0.25, -0.2) is 4.79 Å². The second-order valence-electron chi connectivity index (χ2n) is 4.53. The third-order valence-electron chi connectivity index (χ3n) is 2.85. The average molecular weight is 342 g/mol. The van der Waals surface area contributed by atoms with E-state index in [4.69, 9.17) is 0 Å². The highest BCUT2D eigenvalue weighted by atomic mass is 32.2. The van der Waals surface area contributed by atoms with Crippen LogP contribution in [-0.4, -0.2) is 40.3 Å². The molecule has 23 heavy (non-hydrogen) atoms. The Balaban J connectivity index is 2.92. The summed E-state index contributed by atoms with van der Waals surface area (Å²) in [6.07, 6.45) is -0.244. The first kappa shape index (κ1) is 18.6. The number of sulfonamides is 1. The minimum absolute atomic E-state index is 0.00373. The zero-order chi connectivity index (χ0) is 17.5. The summed E-state index contributed by atoms with van der Waals surface area (Å²) in [4.78, 5) is 24.6. The summed E-state index contributed by atoms with van der Waals surface area (Å²) in [5.41, 5.74) is 0.675. The van der Waals surface area contributed by atoms with Gasteiger partial charge in [-0.3, -0.25) is 4.79 Å². The van der Waals surface area contributed by atoms with Gasteiger partial charge in [0, 0.05) is 6.42 Å². The van der Waals surface area contributed by atoms with Gasteiger partial charge in [-0.15, -0.1) is 0 Å². The smallest absolute Gasteiger partial charge is 0.354 e. The van der Waals surface area contributed by atoms with Gasteiger partial charge in [0.05, 0.1) is 25.5 Å². The first-order valence-corrected chi connectivity index (χ1v) is 8.08. The molecule has 1 aromatic rings. The average Bonchev–Trinajstić information content (AvgIpc) is 2.54. The van der Waals surface area contributed by atoms with E-state index < -0.39 is 22.0 Å². The number of hydrogen-bond donors (Lipinski definition) is 1. The number of nitrogens with one attached hydrogen (secondary N) is 1. The molecule has 1 N–H and O–H groups in total. The molecule has 0 spiro atoms. The topological polar surface area (TPSA) is 111 Å². The standard InChI is InChI=1S/C14H18N2O6S/c1-10-4-6-11(7-5-10)23(19,20)16-15-12(14(18)22-3)8-9-13(17)21-2/h4-7,16H,8-9H2,1-3H3/b15-12+. The van der Waals surface area contributed by atoms with Crippen molar-refractivity contribution in [2.45, 2.75) is 24.7 Å². The van der Waals surface area contributed by atoms with Crippen molar-refractivity contribution in [3.05, 3.63) is 29.8 Å². The van der Waals surface area contributed by atoms with E-state index >= 15 is 0 Å². The number of ether oxygens (including phenoxy) is 2. The molecule has 9 heteroatoms. The first-order valence-electron chi connectivity index (χ1n) is 6.60. The van der Waals surface area contributed by atoms with Crippen LogP contribution in [0.25, 0.3) is 0 Å². The van der Waals surface area contributed by atoms with Crippen molar-refractivity contribution in [2.24, 2.45) is 5.10 Å². The van der Waals surface area contributed by atoms with Gasteiger partial charge in [-0.2, -0.15) is 18.4 Å². The SMILES string of the molecule is COC(=O)CC/C(=N\NS(=O)(=O)c1ccc(C)cc1)C(=O)OC. The minimum Gasteiger partial charge on any atom is -0.469 e. The van der Waals surface area contributed by atoms with E-state index in [2.05, 4.69) is 14.6 Å². The zero-order valence-corrected chi connectivity index (χ0v) is 13.8. The number of nitrogens with zero attached hydrogens (tertiary/aromatic N) is 1. The van der Waals surface area contributed by atoms with Crippen LogP contribution in [0, 0.1) is 6.92 Å². The van der Waals surface area contributed by atoms with Crippen molar-refractivity contribution < 1.29 is 27.5 Å². The minimum atomic E-state index is -3.92. The molecule has 0 bridgehead atoms. The normalized spacial score (nSPS) is 11.7. The molecule has 1 rings (SSSR count). The van der Waals surface area contributed by atoms with Crippen molar-refractivity contribution >= 4 is 27.7 Å². The number of hydrogen-bond acceptors (Lipinski definition) is 7. The molecule has 1 aromatic carbocycles. The summed E-state index contributed by atoms with van der Waals surface area (Å²) >= 11 is 0. The fraction of sp³-hybridized carbons (Fsp3) is 0.357. The van der Waals surface area contributed by atoms with Crippen LogP contribution in [0.5, 0.6) is 0 Å². The Hall–Kier alpha value is -2.42. The third kappa shape index (κ3) is 5.70. The Morgan fingerprint density at radius 1 is 1.09 bits per heavy atom. The number of esters is 2. The number of hydrazone groups is 1. The van der Waals surface area contributed by atoms with Crippen LogP contribution in [0.2, 0.25) is 0 Å². The van der Waals surface area contributed by atoms with Crippen molar-refractivity contribution in [2.75, 3.05) is 14.2 Å². The summed E-state index contributed by atoms with van der Waals surface area (Å²) < 4.78 is 33.1. The van der Waals surface area contributed by atoms with Crippen molar-refractivity contribution in [1.82, 2.24) is 4.83 Å². The predicted molar refractivity (Wildman–Crippen MR) is 82.2 cm³/mol. The maximum absolute atomic E-state index is 12.1. The molecule has 0 saturated heterocycles. The van der Waals surface area contributed by atoms with Gasteiger partial charge < -0.3 is 9.47 Å². The van der Waals surface area contributed by atoms with Gasteiger partial charge >= 0.3 is 11.9 Å². The van der Waals surface area contributed by atoms with Gasteiger partial charge in [0.2, 0.25) is 0 Å². The Morgan fingerprint density at radius 2 is 1.70 bits per heavy atom. The summed E-state index contributed by atoms with van der Waals surface area (Å²) in [6, 6.07) is 6.10. The largest absolute Gasteiger partial charge is 0.469 e. The maximum atomic E-state index is 12.1. The quantitative estimate of drug-likeness (QED) is 0.445. The molecule has 0 aliphatic carbocycles. The molecule has 0 atom stereocenters. The van der Waals surface area contributed by atoms with Crippen LogP contribution in [0.3, 0.4) is 0 Å². The summed E-state index contributed by atoms with van der Waals surface area (Å²) in [5, 5.41) is 3.57. The van der Waals surface area contributed by atoms with E-state index in [1.54, 1.807) is 12.1 Å². The second-order valence-corrected chi connectivity index (χ2v) is 6.19. The Bertz CT molecular complexity index is 694. The molecule has 126 valence electrons. The highest BCUT2D eigenvalue weighted by molar-refractivity contribution is 7.89. The molecular formula is C14H18N2O6S. The van der Waals surface area contributed by atoms with Gasteiger partial charge in [0.15, 0.2) is 0 Å². The Morgan fingerprint density at radius 3 is 2.22 bits per heavy atom. The Kier molecular flexibility index (Phi) is 6.70. The maximum Gasteiger partial charge on any atom is 0.354 e. The van der Waals surface area contributed by atoms with E-state index in [1.807, 2.05) is 11.8 Å². The second kappa shape index (κ2) is 8.28. The van der Waals surface area contributed by atoms with Gasteiger partial charge in [0.1, 0.15) is 5.71 Å². The Labute approximate surface area is 134 Å². The van der Waals surface area contributed by atoms with Gasteiger partial charge in [0.25, 0.3) is 10.0 Å². The van der Waals surface area contributed by atoms with E-state index in [-0.39, 0.29) is 23.4 Å². The van der Waals surface area contributed by atoms with Crippen LogP contribution < -0.4 is 4.83 Å². The van der Waals surface area contributed by atoms with Crippen molar-refractivity contribution in [3.8, 4) is 0 Å². The third-order valence-corrected chi connectivity index (χ3v) is 4.07. The molecule has 0 radical (unpaired) electrons. The molecule has 0 fully saturated rings. The number of aryl methyl sites for hydroxylation is 1. The lowest BCUT2D eigenvalue weighted by Gasteiger charge is -2.07. The lowest BCUT2D eigenvalue weighted by molar-refractivity contribution is -0.140. The van der Waals surface area contributed by atoms with E-state index in [1.165, 1.54) is 19.2 Å². The molecule has 0 aliphatic rings. The molecule has 0 heterocycles. The van der Waals surface area contributed by atoms with E-state index in [0.717, 1.165) is 12.7 Å². The highest BCUT2D eigenvalue weighted by Gasteiger charge is 2.17. The number of rotatable bonds is 7. The predicted octanol–water partition coefficient (Wildman–Crippen LogP) is 0.756. The molecule has 8 nitrogen and oxygen atoms in total. The summed E-state index contributed by atoms with van der Waals surface area (Å²) in [6.45, 7) is 1.82. The molecule has 0 amide bonds. The van der Waals surface area contributed by atoms with E-state index in [9.17, 15) is 18.0 Å². The van der Waals surface area contributed by atoms with Crippen LogP contribution in [0.1, 0.15) is 18.4 Å². The number of carbonyl (C=O) groups excluding carboxylic acids is 2. The monoisotopic (exact) mass is 342 g/mol. The number of carbonyl (C=O) groups is 2. The van der Waals surface area contributed by atoms with Crippen molar-refractivity contribution in [3.63, 3.8) is 0 Å². The lowest BCUT2D eigenvalue weighted by atomic mass is 10.2. The summed E-state index contributed by atoms with van der Waals surface area (Å²) in [5.74, 6) is -1.39. The number of methoxy groups -OCH3 is 2. The lowest BCUT2D eigenvalue weighted by Crippen LogP contribution is -2.25. The van der Waals surface area contributed by atoms with Crippen LogP contribution in [0.15, 0.2) is 34.3 Å². The van der Waals surface area contributed by atoms with Crippen LogP contribution >= 0.6 is 0 Å². The fourth-order valence-corrected chi connectivity index (χ4v) is 2.36. The highest BCUT2D eigenvalue weighted by Crippen LogP contribution is 2.10. The van der Waals surface area contributed by atoms with Gasteiger partial charge in [-0.1, -0.05) is 17.7 Å². The molecule has 0 aromatic heterocycles. The first-order chi connectivity index (χ1) is 10.8. The fourth-order valence-electron chi connectivity index (χ4n) is 1.53. The van der Waals surface area contributed by atoms with Gasteiger partial charge in [-0.05, 0) is 19.1 Å². The summed E-state index contributed by atoms with van der Waals surface area (Å²) in [7, 11) is -1.58.